The number of benzene rings is 1. The van der Waals surface area contributed by atoms with Gasteiger partial charge in [0.15, 0.2) is 18.2 Å². The van der Waals surface area contributed by atoms with Gasteiger partial charge in [-0.1, -0.05) is 6.07 Å². The van der Waals surface area contributed by atoms with Gasteiger partial charge < -0.3 is 15.2 Å². The van der Waals surface area contributed by atoms with Crippen molar-refractivity contribution in [3.8, 4) is 23.3 Å². The number of methoxy groups -OCH3 is 1. The van der Waals surface area contributed by atoms with Crippen molar-refractivity contribution in [2.45, 2.75) is 13.8 Å². The molecule has 0 spiro atoms. The van der Waals surface area contributed by atoms with E-state index in [0.29, 0.717) is 33.8 Å². The first-order chi connectivity index (χ1) is 13.4. The van der Waals surface area contributed by atoms with Crippen LogP contribution in [0.15, 0.2) is 18.3 Å². The van der Waals surface area contributed by atoms with E-state index in [1.165, 1.54) is 4.90 Å². The van der Waals surface area contributed by atoms with E-state index >= 15 is 0 Å². The molecular formula is C20H19N5O3. The number of fused-ring (bicyclic) bond motifs is 3. The van der Waals surface area contributed by atoms with Gasteiger partial charge in [0.05, 0.1) is 12.8 Å². The Balaban J connectivity index is 2.18. The molecule has 0 radical (unpaired) electrons. The average molecular weight is 377 g/mol. The minimum atomic E-state index is -0.195. The lowest BCUT2D eigenvalue weighted by Crippen LogP contribution is -2.36. The van der Waals surface area contributed by atoms with E-state index in [2.05, 4.69) is 11.1 Å². The Bertz CT molecular complexity index is 1190. The molecule has 1 aliphatic rings. The number of pyridine rings is 1. The molecule has 2 aromatic heterocycles. The molecule has 3 aromatic rings. The number of aromatic nitrogens is 2. The van der Waals surface area contributed by atoms with Gasteiger partial charge in [0.1, 0.15) is 28.7 Å². The monoisotopic (exact) mass is 377 g/mol. The fraction of sp³-hybridized carbons (Fsp3) is 0.250. The first kappa shape index (κ1) is 17.7. The molecular weight excluding hydrogens is 358 g/mol. The number of nitriles is 1. The van der Waals surface area contributed by atoms with Crippen molar-refractivity contribution in [1.29, 1.82) is 5.26 Å². The number of nitrogens with zero attached hydrogens (tertiary/aromatic N) is 4. The Morgan fingerprint density at radius 3 is 2.79 bits per heavy atom. The third-order valence-electron chi connectivity index (χ3n) is 5.15. The summed E-state index contributed by atoms with van der Waals surface area (Å²) in [6, 6.07) is 5.99. The summed E-state index contributed by atoms with van der Waals surface area (Å²) in [5.41, 5.74) is 9.98. The number of hydrogen-bond acceptors (Lipinski definition) is 6. The Morgan fingerprint density at radius 2 is 2.11 bits per heavy atom. The highest BCUT2D eigenvalue weighted by molar-refractivity contribution is 6.04. The maximum absolute atomic E-state index is 12.0. The second-order valence-electron chi connectivity index (χ2n) is 6.68. The molecule has 0 bridgehead atoms. The molecule has 142 valence electrons. The zero-order chi connectivity index (χ0) is 20.2. The minimum absolute atomic E-state index is 0.104. The molecule has 1 aromatic carbocycles. The fourth-order valence-corrected chi connectivity index (χ4v) is 3.70. The predicted molar refractivity (Wildman–Crippen MR) is 105 cm³/mol. The molecule has 0 aliphatic carbocycles. The number of nitrogen functional groups attached to an aromatic ring is 1. The quantitative estimate of drug-likeness (QED) is 0.735. The molecule has 4 rings (SSSR count). The summed E-state index contributed by atoms with van der Waals surface area (Å²) in [6.45, 7) is 3.79. The number of rotatable bonds is 2. The summed E-state index contributed by atoms with van der Waals surface area (Å²) < 4.78 is 13.0. The van der Waals surface area contributed by atoms with Crippen LogP contribution >= 0.6 is 0 Å². The average Bonchev–Trinajstić information content (AvgIpc) is 2.96. The number of carbonyl (C=O) groups is 1. The lowest BCUT2D eigenvalue weighted by Gasteiger charge is -2.26. The molecule has 0 fully saturated rings. The molecule has 0 unspecified atom stereocenters. The van der Waals surface area contributed by atoms with E-state index in [0.717, 1.165) is 16.8 Å². The van der Waals surface area contributed by atoms with Crippen LogP contribution in [-0.2, 0) is 4.79 Å². The van der Waals surface area contributed by atoms with Crippen molar-refractivity contribution < 1.29 is 14.3 Å². The highest BCUT2D eigenvalue weighted by atomic mass is 16.5. The van der Waals surface area contributed by atoms with Gasteiger partial charge in [-0.25, -0.2) is 4.98 Å². The molecule has 0 saturated heterocycles. The van der Waals surface area contributed by atoms with Crippen molar-refractivity contribution in [1.82, 2.24) is 9.55 Å². The Labute approximate surface area is 161 Å². The molecule has 3 heterocycles. The number of likely N-dealkylation sites (N-methyl/N-ethyl adjacent to an activating group) is 1. The Morgan fingerprint density at radius 1 is 1.36 bits per heavy atom. The topological polar surface area (TPSA) is 106 Å². The maximum Gasteiger partial charge on any atom is 0.265 e. The van der Waals surface area contributed by atoms with Crippen molar-refractivity contribution in [3.05, 3.63) is 35.0 Å². The second kappa shape index (κ2) is 6.16. The van der Waals surface area contributed by atoms with Gasteiger partial charge in [-0.05, 0) is 25.5 Å². The smallest absolute Gasteiger partial charge is 0.265 e. The van der Waals surface area contributed by atoms with E-state index in [9.17, 15) is 10.1 Å². The second-order valence-corrected chi connectivity index (χ2v) is 6.68. The summed E-state index contributed by atoms with van der Waals surface area (Å²) in [4.78, 5) is 17.8. The number of carbonyl (C=O) groups excluding carboxylic acids is 1. The molecule has 2 N–H and O–H groups in total. The largest absolute Gasteiger partial charge is 0.496 e. The lowest BCUT2D eigenvalue weighted by atomic mass is 10.1. The normalized spacial score (nSPS) is 13.2. The van der Waals surface area contributed by atoms with Crippen LogP contribution < -0.4 is 20.1 Å². The number of anilines is 2. The van der Waals surface area contributed by atoms with Crippen molar-refractivity contribution in [2.75, 3.05) is 31.4 Å². The van der Waals surface area contributed by atoms with Crippen LogP contribution in [0.3, 0.4) is 0 Å². The number of nitrogens with two attached hydrogens (primary N) is 1. The number of amides is 1. The van der Waals surface area contributed by atoms with E-state index in [1.54, 1.807) is 24.9 Å². The fourth-order valence-electron chi connectivity index (χ4n) is 3.70. The standard InChI is InChI=1S/C20H19N5O3/c1-10-5-6-14(27-4)11(2)16(10)25-17-13(12(7-21)19(25)22)8-23-20-18(17)28-9-15(26)24(20)3/h5-6,8H,9,22H2,1-4H3. The van der Waals surface area contributed by atoms with Crippen LogP contribution in [0.5, 0.6) is 11.5 Å². The molecule has 1 aliphatic heterocycles. The third-order valence-corrected chi connectivity index (χ3v) is 5.15. The Hall–Kier alpha value is -3.73. The van der Waals surface area contributed by atoms with Gasteiger partial charge in [0.2, 0.25) is 0 Å². The summed E-state index contributed by atoms with van der Waals surface area (Å²) in [5, 5.41) is 10.3. The van der Waals surface area contributed by atoms with Gasteiger partial charge in [0, 0.05) is 24.2 Å². The first-order valence-electron chi connectivity index (χ1n) is 8.67. The van der Waals surface area contributed by atoms with Crippen LogP contribution in [0.25, 0.3) is 16.6 Å². The van der Waals surface area contributed by atoms with Crippen LogP contribution in [0, 0.1) is 25.2 Å². The van der Waals surface area contributed by atoms with Crippen LogP contribution in [0.4, 0.5) is 11.6 Å². The summed E-state index contributed by atoms with van der Waals surface area (Å²) >= 11 is 0. The van der Waals surface area contributed by atoms with E-state index in [4.69, 9.17) is 15.2 Å². The zero-order valence-corrected chi connectivity index (χ0v) is 16.0. The highest BCUT2D eigenvalue weighted by Crippen LogP contribution is 2.43. The first-order valence-corrected chi connectivity index (χ1v) is 8.67. The summed E-state index contributed by atoms with van der Waals surface area (Å²) in [6.07, 6.45) is 1.56. The molecule has 0 atom stereocenters. The zero-order valence-electron chi connectivity index (χ0n) is 16.0. The van der Waals surface area contributed by atoms with Gasteiger partial charge in [-0.15, -0.1) is 0 Å². The number of hydrogen-bond donors (Lipinski definition) is 1. The van der Waals surface area contributed by atoms with Crippen molar-refractivity contribution in [3.63, 3.8) is 0 Å². The lowest BCUT2D eigenvalue weighted by molar-refractivity contribution is -0.121. The van der Waals surface area contributed by atoms with Crippen molar-refractivity contribution >= 4 is 28.4 Å². The van der Waals surface area contributed by atoms with Crippen LogP contribution in [-0.4, -0.2) is 36.2 Å². The van der Waals surface area contributed by atoms with Gasteiger partial charge in [-0.3, -0.25) is 14.3 Å². The maximum atomic E-state index is 12.0. The van der Waals surface area contributed by atoms with Crippen LogP contribution in [0.2, 0.25) is 0 Å². The van der Waals surface area contributed by atoms with Gasteiger partial charge >= 0.3 is 0 Å². The summed E-state index contributed by atoms with van der Waals surface area (Å²) in [5.74, 6) is 1.62. The number of ether oxygens (including phenoxy) is 2. The van der Waals surface area contributed by atoms with E-state index in [-0.39, 0.29) is 18.3 Å². The molecule has 8 heteroatoms. The molecule has 28 heavy (non-hydrogen) atoms. The summed E-state index contributed by atoms with van der Waals surface area (Å²) in [7, 11) is 3.25. The molecule has 0 saturated carbocycles. The predicted octanol–water partition coefficient (Wildman–Crippen LogP) is 2.46. The van der Waals surface area contributed by atoms with Gasteiger partial charge in [0.25, 0.3) is 5.91 Å². The van der Waals surface area contributed by atoms with Crippen LogP contribution in [0.1, 0.15) is 16.7 Å². The minimum Gasteiger partial charge on any atom is -0.496 e. The number of aryl methyl sites for hydroxylation is 1. The SMILES string of the molecule is COc1ccc(C)c(-n2c(N)c(C#N)c3cnc4c(c32)OCC(=O)N4C)c1C. The van der Waals surface area contributed by atoms with Gasteiger partial charge in [-0.2, -0.15) is 5.26 Å². The van der Waals surface area contributed by atoms with Crippen molar-refractivity contribution in [2.24, 2.45) is 0 Å². The van der Waals surface area contributed by atoms with E-state index < -0.39 is 0 Å². The highest BCUT2D eigenvalue weighted by Gasteiger charge is 2.31. The molecule has 8 nitrogen and oxygen atoms in total. The molecule has 1 amide bonds. The Kier molecular flexibility index (Phi) is 3.89. The van der Waals surface area contributed by atoms with E-state index in [1.807, 2.05) is 26.0 Å². The third kappa shape index (κ3) is 2.23.